The molecule has 1 heterocycles. The van der Waals surface area contributed by atoms with E-state index in [1.807, 2.05) is 24.3 Å². The van der Waals surface area contributed by atoms with E-state index in [1.54, 1.807) is 0 Å². The molecule has 4 heteroatoms. The lowest BCUT2D eigenvalue weighted by Gasteiger charge is -2.00. The van der Waals surface area contributed by atoms with Gasteiger partial charge in [-0.3, -0.25) is 0 Å². The van der Waals surface area contributed by atoms with Crippen molar-refractivity contribution >= 4 is 38.6 Å². The maximum Gasteiger partial charge on any atom is 0.139 e. The molecule has 0 atom stereocenters. The molecule has 2 aromatic carbocycles. The number of halogens is 2. The third-order valence-corrected chi connectivity index (χ3v) is 3.95. The fourth-order valence-electron chi connectivity index (χ4n) is 2.09. The van der Waals surface area contributed by atoms with Gasteiger partial charge in [0.05, 0.1) is 16.1 Å². The lowest BCUT2D eigenvalue weighted by molar-refractivity contribution is 1.14. The van der Waals surface area contributed by atoms with Gasteiger partial charge in [-0.25, -0.2) is 4.98 Å². The predicted molar refractivity (Wildman–Crippen MR) is 83.6 cm³/mol. The zero-order valence-corrected chi connectivity index (χ0v) is 12.7. The Bertz CT molecular complexity index is 749. The summed E-state index contributed by atoms with van der Waals surface area (Å²) in [5.41, 5.74) is 4.23. The highest BCUT2D eigenvalue weighted by Gasteiger charge is 2.09. The number of imidazole rings is 1. The van der Waals surface area contributed by atoms with E-state index in [9.17, 15) is 0 Å². The standard InChI is InChI=1S/C15H12BrClN2/c1-2-9-3-6-13-14(7-9)19-15(18-13)11-5-4-10(16)8-12(11)17/h3-8H,2H2,1H3,(H,18,19). The van der Waals surface area contributed by atoms with Crippen LogP contribution in [-0.2, 0) is 6.42 Å². The maximum absolute atomic E-state index is 6.26. The van der Waals surface area contributed by atoms with Crippen molar-refractivity contribution in [1.82, 2.24) is 9.97 Å². The molecule has 3 rings (SSSR count). The molecule has 1 aromatic heterocycles. The Labute approximate surface area is 124 Å². The second-order valence-corrected chi connectivity index (χ2v) is 5.74. The lowest BCUT2D eigenvalue weighted by atomic mass is 10.1. The van der Waals surface area contributed by atoms with Crippen LogP contribution in [0.1, 0.15) is 12.5 Å². The molecule has 19 heavy (non-hydrogen) atoms. The molecule has 0 bridgehead atoms. The fourth-order valence-corrected chi connectivity index (χ4v) is 2.85. The Morgan fingerprint density at radius 3 is 2.79 bits per heavy atom. The number of aryl methyl sites for hydroxylation is 1. The molecule has 0 aliphatic heterocycles. The van der Waals surface area contributed by atoms with Gasteiger partial charge in [-0.1, -0.05) is 40.5 Å². The van der Waals surface area contributed by atoms with Crippen LogP contribution in [0.2, 0.25) is 5.02 Å². The van der Waals surface area contributed by atoms with Crippen molar-refractivity contribution in [2.75, 3.05) is 0 Å². The number of rotatable bonds is 2. The van der Waals surface area contributed by atoms with Crippen LogP contribution >= 0.6 is 27.5 Å². The molecule has 3 aromatic rings. The van der Waals surface area contributed by atoms with Crippen LogP contribution in [0.4, 0.5) is 0 Å². The van der Waals surface area contributed by atoms with Crippen molar-refractivity contribution in [3.8, 4) is 11.4 Å². The first-order valence-corrected chi connectivity index (χ1v) is 7.28. The lowest BCUT2D eigenvalue weighted by Crippen LogP contribution is -1.81. The Morgan fingerprint density at radius 1 is 1.21 bits per heavy atom. The summed E-state index contributed by atoms with van der Waals surface area (Å²) < 4.78 is 0.964. The SMILES string of the molecule is CCc1ccc2nc(-c3ccc(Br)cc3Cl)[nH]c2c1. The topological polar surface area (TPSA) is 28.7 Å². The summed E-state index contributed by atoms with van der Waals surface area (Å²) in [5, 5.41) is 0.684. The number of aromatic nitrogens is 2. The Kier molecular flexibility index (Phi) is 3.33. The molecular formula is C15H12BrClN2. The molecule has 0 amide bonds. The van der Waals surface area contributed by atoms with Crippen molar-refractivity contribution < 1.29 is 0 Å². The van der Waals surface area contributed by atoms with Gasteiger partial charge in [0.2, 0.25) is 0 Å². The molecule has 0 spiro atoms. The molecule has 0 saturated carbocycles. The van der Waals surface area contributed by atoms with Crippen molar-refractivity contribution in [3.05, 3.63) is 51.5 Å². The third-order valence-electron chi connectivity index (χ3n) is 3.14. The number of hydrogen-bond acceptors (Lipinski definition) is 1. The van der Waals surface area contributed by atoms with Gasteiger partial charge in [0.15, 0.2) is 0 Å². The molecule has 2 nitrogen and oxygen atoms in total. The highest BCUT2D eigenvalue weighted by molar-refractivity contribution is 9.10. The van der Waals surface area contributed by atoms with Gasteiger partial charge in [0, 0.05) is 10.0 Å². The van der Waals surface area contributed by atoms with Crippen molar-refractivity contribution in [3.63, 3.8) is 0 Å². The number of hydrogen-bond donors (Lipinski definition) is 1. The average Bonchev–Trinajstić information content (AvgIpc) is 2.80. The predicted octanol–water partition coefficient (Wildman–Crippen LogP) is 5.21. The first kappa shape index (κ1) is 12.7. The minimum atomic E-state index is 0.684. The Hall–Kier alpha value is -1.32. The first-order valence-electron chi connectivity index (χ1n) is 6.11. The molecule has 0 saturated heterocycles. The summed E-state index contributed by atoms with van der Waals surface area (Å²) in [5.74, 6) is 0.806. The number of fused-ring (bicyclic) bond motifs is 1. The van der Waals surface area contributed by atoms with E-state index < -0.39 is 0 Å². The molecule has 0 radical (unpaired) electrons. The van der Waals surface area contributed by atoms with E-state index in [4.69, 9.17) is 11.6 Å². The van der Waals surface area contributed by atoms with Crippen LogP contribution in [0.15, 0.2) is 40.9 Å². The smallest absolute Gasteiger partial charge is 0.139 e. The fraction of sp³-hybridized carbons (Fsp3) is 0.133. The quantitative estimate of drug-likeness (QED) is 0.684. The van der Waals surface area contributed by atoms with Gasteiger partial charge >= 0.3 is 0 Å². The molecule has 0 aliphatic carbocycles. The second-order valence-electron chi connectivity index (χ2n) is 4.41. The average molecular weight is 336 g/mol. The Balaban J connectivity index is 2.14. The molecule has 0 aliphatic rings. The summed E-state index contributed by atoms with van der Waals surface area (Å²) in [6, 6.07) is 12.1. The van der Waals surface area contributed by atoms with Gasteiger partial charge in [-0.2, -0.15) is 0 Å². The van der Waals surface area contributed by atoms with Gasteiger partial charge in [-0.05, 0) is 42.3 Å². The van der Waals surface area contributed by atoms with E-state index >= 15 is 0 Å². The number of nitrogens with one attached hydrogen (secondary N) is 1. The summed E-state index contributed by atoms with van der Waals surface area (Å²) >= 11 is 9.67. The second kappa shape index (κ2) is 4.99. The Morgan fingerprint density at radius 2 is 2.05 bits per heavy atom. The van der Waals surface area contributed by atoms with Crippen LogP contribution < -0.4 is 0 Å². The summed E-state index contributed by atoms with van der Waals surface area (Å²) in [7, 11) is 0. The maximum atomic E-state index is 6.26. The van der Waals surface area contributed by atoms with Crippen LogP contribution in [0.3, 0.4) is 0 Å². The molecule has 0 fully saturated rings. The highest BCUT2D eigenvalue weighted by atomic mass is 79.9. The third kappa shape index (κ3) is 2.40. The minimum Gasteiger partial charge on any atom is -0.338 e. The van der Waals surface area contributed by atoms with Gasteiger partial charge in [0.1, 0.15) is 5.82 Å². The van der Waals surface area contributed by atoms with Gasteiger partial charge < -0.3 is 4.98 Å². The van der Waals surface area contributed by atoms with Crippen molar-refractivity contribution in [2.45, 2.75) is 13.3 Å². The van der Waals surface area contributed by atoms with Crippen LogP contribution in [0.5, 0.6) is 0 Å². The van der Waals surface area contributed by atoms with E-state index in [0.717, 1.165) is 33.3 Å². The van der Waals surface area contributed by atoms with Gasteiger partial charge in [0.25, 0.3) is 0 Å². The zero-order chi connectivity index (χ0) is 13.4. The molecular weight excluding hydrogens is 324 g/mol. The number of H-pyrrole nitrogens is 1. The minimum absolute atomic E-state index is 0.684. The highest BCUT2D eigenvalue weighted by Crippen LogP contribution is 2.30. The largest absolute Gasteiger partial charge is 0.338 e. The van der Waals surface area contributed by atoms with E-state index in [0.29, 0.717) is 5.02 Å². The number of benzene rings is 2. The molecule has 96 valence electrons. The zero-order valence-electron chi connectivity index (χ0n) is 10.4. The summed E-state index contributed by atoms with van der Waals surface area (Å²) in [4.78, 5) is 7.93. The molecule has 0 unspecified atom stereocenters. The van der Waals surface area contributed by atoms with Crippen LogP contribution in [0.25, 0.3) is 22.4 Å². The van der Waals surface area contributed by atoms with E-state index in [-0.39, 0.29) is 0 Å². The van der Waals surface area contributed by atoms with E-state index in [2.05, 4.69) is 45.0 Å². The van der Waals surface area contributed by atoms with Crippen LogP contribution in [0, 0.1) is 0 Å². The van der Waals surface area contributed by atoms with Crippen molar-refractivity contribution in [1.29, 1.82) is 0 Å². The summed E-state index contributed by atoms with van der Waals surface area (Å²) in [6.45, 7) is 2.14. The monoisotopic (exact) mass is 334 g/mol. The molecule has 1 N–H and O–H groups in total. The number of nitrogens with zero attached hydrogens (tertiary/aromatic N) is 1. The van der Waals surface area contributed by atoms with E-state index in [1.165, 1.54) is 5.56 Å². The first-order chi connectivity index (χ1) is 9.17. The van der Waals surface area contributed by atoms with Crippen LogP contribution in [-0.4, -0.2) is 9.97 Å². The normalized spacial score (nSPS) is 11.1. The van der Waals surface area contributed by atoms with Gasteiger partial charge in [-0.15, -0.1) is 0 Å². The summed E-state index contributed by atoms with van der Waals surface area (Å²) in [6.07, 6.45) is 1.02. The number of aromatic amines is 1. The van der Waals surface area contributed by atoms with Crippen molar-refractivity contribution in [2.24, 2.45) is 0 Å².